The standard InChI is InChI=1S/C26H29Cl2N3O6/c1-25(2)16(11-12-26(25,3)23(35)36)21(32)30-19(22(33)34)13-14-7-9-15(10-8-14)29-24(37)31-20-17(27)5-4-6-18(20)28/h4-10,16,19H,11-13H2,1-3H3,(H,30,32)(H,33,34)(H,35,36)(H2,29,31,37)/t16-,19+,26+/m1/s1. The second-order valence-electron chi connectivity index (χ2n) is 9.93. The first-order valence-corrected chi connectivity index (χ1v) is 12.4. The Bertz CT molecular complexity index is 1200. The van der Waals surface area contributed by atoms with Crippen molar-refractivity contribution in [2.45, 2.75) is 46.1 Å². The molecular formula is C26H29Cl2N3O6. The zero-order chi connectivity index (χ0) is 27.5. The molecule has 0 bridgehead atoms. The van der Waals surface area contributed by atoms with Gasteiger partial charge in [-0.15, -0.1) is 0 Å². The fourth-order valence-corrected chi connectivity index (χ4v) is 5.16. The SMILES string of the molecule is CC1(C)[C@@H](C(=O)N[C@@H](Cc2ccc(NC(=O)Nc3c(Cl)cccc3Cl)cc2)C(=O)O)CC[C@@]1(C)C(=O)O. The van der Waals surface area contributed by atoms with Crippen molar-refractivity contribution in [2.24, 2.45) is 16.7 Å². The molecule has 1 saturated carbocycles. The summed E-state index contributed by atoms with van der Waals surface area (Å²) in [5, 5.41) is 27.8. The minimum Gasteiger partial charge on any atom is -0.481 e. The molecule has 3 amide bonds. The summed E-state index contributed by atoms with van der Waals surface area (Å²) in [7, 11) is 0. The Balaban J connectivity index is 1.63. The van der Waals surface area contributed by atoms with Gasteiger partial charge in [-0.25, -0.2) is 9.59 Å². The average Bonchev–Trinajstić information content (AvgIpc) is 3.07. The number of hydrogen-bond acceptors (Lipinski definition) is 4. The van der Waals surface area contributed by atoms with Gasteiger partial charge in [0.05, 0.1) is 21.1 Å². The van der Waals surface area contributed by atoms with Crippen LogP contribution in [0.3, 0.4) is 0 Å². The number of carboxylic acid groups (broad SMARTS) is 2. The molecule has 0 aromatic heterocycles. The first-order chi connectivity index (χ1) is 17.3. The van der Waals surface area contributed by atoms with Crippen LogP contribution >= 0.6 is 23.2 Å². The number of benzene rings is 2. The summed E-state index contributed by atoms with van der Waals surface area (Å²) in [5.41, 5.74) is -0.599. The van der Waals surface area contributed by atoms with Gasteiger partial charge in [0.1, 0.15) is 6.04 Å². The van der Waals surface area contributed by atoms with E-state index in [9.17, 15) is 29.4 Å². The minimum absolute atomic E-state index is 0.00608. The Morgan fingerprint density at radius 1 is 0.973 bits per heavy atom. The number of para-hydroxylation sites is 1. The van der Waals surface area contributed by atoms with Crippen LogP contribution in [-0.2, 0) is 20.8 Å². The van der Waals surface area contributed by atoms with Crippen LogP contribution in [-0.4, -0.2) is 40.1 Å². The molecule has 0 aliphatic heterocycles. The number of carbonyl (C=O) groups is 4. The van der Waals surface area contributed by atoms with Crippen LogP contribution in [0.15, 0.2) is 42.5 Å². The van der Waals surface area contributed by atoms with Gasteiger partial charge in [-0.2, -0.15) is 0 Å². The van der Waals surface area contributed by atoms with E-state index in [1.165, 1.54) is 0 Å². The summed E-state index contributed by atoms with van der Waals surface area (Å²) in [6.07, 6.45) is 0.692. The highest BCUT2D eigenvalue weighted by Gasteiger charge is 2.58. The first-order valence-electron chi connectivity index (χ1n) is 11.6. The molecule has 0 spiro atoms. The number of hydrogen-bond donors (Lipinski definition) is 5. The molecule has 9 nitrogen and oxygen atoms in total. The lowest BCUT2D eigenvalue weighted by atomic mass is 9.65. The second kappa shape index (κ2) is 11.0. The topological polar surface area (TPSA) is 145 Å². The molecule has 5 N–H and O–H groups in total. The monoisotopic (exact) mass is 549 g/mol. The first kappa shape index (κ1) is 28.3. The van der Waals surface area contributed by atoms with Crippen molar-refractivity contribution in [3.8, 4) is 0 Å². The van der Waals surface area contributed by atoms with Gasteiger partial charge < -0.3 is 26.2 Å². The number of urea groups is 1. The summed E-state index contributed by atoms with van der Waals surface area (Å²) >= 11 is 12.1. The van der Waals surface area contributed by atoms with Gasteiger partial charge in [0, 0.05) is 18.0 Å². The number of carboxylic acids is 2. The van der Waals surface area contributed by atoms with Gasteiger partial charge in [0.2, 0.25) is 5.91 Å². The highest BCUT2D eigenvalue weighted by Crippen LogP contribution is 2.56. The van der Waals surface area contributed by atoms with Crippen molar-refractivity contribution in [1.82, 2.24) is 5.32 Å². The summed E-state index contributed by atoms with van der Waals surface area (Å²) < 4.78 is 0. The highest BCUT2D eigenvalue weighted by atomic mass is 35.5. The third kappa shape index (κ3) is 5.99. The normalized spacial score (nSPS) is 21.1. The number of rotatable bonds is 8. The van der Waals surface area contributed by atoms with Gasteiger partial charge in [-0.05, 0) is 55.0 Å². The summed E-state index contributed by atoms with van der Waals surface area (Å²) in [4.78, 5) is 49.1. The van der Waals surface area contributed by atoms with Gasteiger partial charge in [0.25, 0.3) is 0 Å². The van der Waals surface area contributed by atoms with E-state index in [0.29, 0.717) is 24.1 Å². The van der Waals surface area contributed by atoms with Gasteiger partial charge >= 0.3 is 18.0 Å². The average molecular weight is 550 g/mol. The van der Waals surface area contributed by atoms with E-state index in [2.05, 4.69) is 16.0 Å². The molecule has 3 rings (SSSR count). The second-order valence-corrected chi connectivity index (χ2v) is 10.7. The Morgan fingerprint density at radius 2 is 1.57 bits per heavy atom. The van der Waals surface area contributed by atoms with Crippen molar-refractivity contribution in [1.29, 1.82) is 0 Å². The Hall–Kier alpha value is -3.30. The number of carbonyl (C=O) groups excluding carboxylic acids is 2. The predicted molar refractivity (Wildman–Crippen MR) is 141 cm³/mol. The fraction of sp³-hybridized carbons (Fsp3) is 0.385. The molecule has 37 heavy (non-hydrogen) atoms. The van der Waals surface area contributed by atoms with E-state index in [4.69, 9.17) is 23.2 Å². The van der Waals surface area contributed by atoms with E-state index in [-0.39, 0.29) is 22.2 Å². The maximum Gasteiger partial charge on any atom is 0.326 e. The number of nitrogens with one attached hydrogen (secondary N) is 3. The molecule has 0 unspecified atom stereocenters. The summed E-state index contributed by atoms with van der Waals surface area (Å²) in [6.45, 7) is 5.08. The van der Waals surface area contributed by atoms with Crippen LogP contribution in [0.1, 0.15) is 39.2 Å². The lowest BCUT2D eigenvalue weighted by Crippen LogP contribution is -2.49. The molecular weight excluding hydrogens is 521 g/mol. The maximum atomic E-state index is 13.0. The van der Waals surface area contributed by atoms with Crippen LogP contribution in [0.25, 0.3) is 0 Å². The maximum absolute atomic E-state index is 13.0. The molecule has 1 fully saturated rings. The largest absolute Gasteiger partial charge is 0.481 e. The van der Waals surface area contributed by atoms with Crippen molar-refractivity contribution >= 4 is 58.5 Å². The van der Waals surface area contributed by atoms with E-state index >= 15 is 0 Å². The van der Waals surface area contributed by atoms with Gasteiger partial charge in [0.15, 0.2) is 0 Å². The highest BCUT2D eigenvalue weighted by molar-refractivity contribution is 6.39. The van der Waals surface area contributed by atoms with E-state index in [1.54, 1.807) is 63.2 Å². The molecule has 3 atom stereocenters. The quantitative estimate of drug-likeness (QED) is 0.303. The van der Waals surface area contributed by atoms with E-state index in [1.807, 2.05) is 0 Å². The lowest BCUT2D eigenvalue weighted by Gasteiger charge is -2.38. The van der Waals surface area contributed by atoms with Crippen LogP contribution in [0.5, 0.6) is 0 Å². The zero-order valence-corrected chi connectivity index (χ0v) is 22.1. The smallest absolute Gasteiger partial charge is 0.326 e. The third-order valence-corrected chi connectivity index (χ3v) is 8.11. The Labute approximate surface area is 224 Å². The third-order valence-electron chi connectivity index (χ3n) is 7.48. The number of halogens is 2. The summed E-state index contributed by atoms with van der Waals surface area (Å²) in [6, 6.07) is 9.55. The van der Waals surface area contributed by atoms with Crippen molar-refractivity contribution in [3.05, 3.63) is 58.1 Å². The Morgan fingerprint density at radius 3 is 2.08 bits per heavy atom. The predicted octanol–water partition coefficient (Wildman–Crippen LogP) is 5.28. The van der Waals surface area contributed by atoms with Crippen molar-refractivity contribution in [2.75, 3.05) is 10.6 Å². The lowest BCUT2D eigenvalue weighted by molar-refractivity contribution is -0.155. The van der Waals surface area contributed by atoms with E-state index < -0.39 is 46.7 Å². The zero-order valence-electron chi connectivity index (χ0n) is 20.6. The van der Waals surface area contributed by atoms with Crippen LogP contribution in [0.2, 0.25) is 10.0 Å². The molecule has 198 valence electrons. The molecule has 0 radical (unpaired) electrons. The van der Waals surface area contributed by atoms with Crippen molar-refractivity contribution in [3.63, 3.8) is 0 Å². The number of amides is 3. The van der Waals surface area contributed by atoms with Crippen LogP contribution < -0.4 is 16.0 Å². The van der Waals surface area contributed by atoms with Crippen molar-refractivity contribution < 1.29 is 29.4 Å². The number of aliphatic carboxylic acids is 2. The fourth-order valence-electron chi connectivity index (χ4n) is 4.67. The molecule has 1 aliphatic carbocycles. The molecule has 2 aromatic rings. The summed E-state index contributed by atoms with van der Waals surface area (Å²) in [5.74, 6) is -3.29. The van der Waals surface area contributed by atoms with E-state index in [0.717, 1.165) is 0 Å². The van der Waals surface area contributed by atoms with Crippen LogP contribution in [0, 0.1) is 16.7 Å². The molecule has 11 heteroatoms. The van der Waals surface area contributed by atoms with Gasteiger partial charge in [-0.3, -0.25) is 9.59 Å². The minimum atomic E-state index is -1.21. The number of anilines is 2. The molecule has 1 aliphatic rings. The Kier molecular flexibility index (Phi) is 8.39. The molecule has 2 aromatic carbocycles. The molecule has 0 heterocycles. The van der Waals surface area contributed by atoms with Crippen LogP contribution in [0.4, 0.5) is 16.2 Å². The van der Waals surface area contributed by atoms with Gasteiger partial charge in [-0.1, -0.05) is 55.2 Å². The molecule has 0 saturated heterocycles.